The van der Waals surface area contributed by atoms with Crippen molar-refractivity contribution < 1.29 is 14.3 Å². The van der Waals surface area contributed by atoms with E-state index in [-0.39, 0.29) is 17.8 Å². The van der Waals surface area contributed by atoms with Crippen molar-refractivity contribution in [2.45, 2.75) is 18.6 Å². The van der Waals surface area contributed by atoms with Crippen LogP contribution in [0, 0.1) is 5.82 Å². The molecular weight excluding hydrogens is 271 g/mol. The number of hydrogen-bond acceptors (Lipinski definition) is 3. The van der Waals surface area contributed by atoms with Crippen LogP contribution in [0.25, 0.3) is 6.08 Å². The summed E-state index contributed by atoms with van der Waals surface area (Å²) in [6, 6.07) is 6.10. The molecule has 1 fully saturated rings. The van der Waals surface area contributed by atoms with Crippen LogP contribution in [-0.4, -0.2) is 60.1 Å². The molecule has 1 aliphatic heterocycles. The fourth-order valence-electron chi connectivity index (χ4n) is 2.63. The van der Waals surface area contributed by atoms with Crippen molar-refractivity contribution in [1.82, 2.24) is 9.80 Å². The fraction of sp³-hybridized carbons (Fsp3) is 0.438. The minimum Gasteiger partial charge on any atom is -0.391 e. The molecule has 0 aromatic heterocycles. The minimum absolute atomic E-state index is 0.0136. The predicted molar refractivity (Wildman–Crippen MR) is 80.1 cm³/mol. The molecule has 2 atom stereocenters. The van der Waals surface area contributed by atoms with E-state index in [1.807, 2.05) is 19.0 Å². The highest BCUT2D eigenvalue weighted by molar-refractivity contribution is 5.92. The highest BCUT2D eigenvalue weighted by Crippen LogP contribution is 2.19. The van der Waals surface area contributed by atoms with E-state index in [4.69, 9.17) is 0 Å². The zero-order valence-electron chi connectivity index (χ0n) is 12.4. The molecule has 1 heterocycles. The van der Waals surface area contributed by atoms with Crippen LogP contribution < -0.4 is 0 Å². The summed E-state index contributed by atoms with van der Waals surface area (Å²) in [5.74, 6) is -0.477. The third-order valence-corrected chi connectivity index (χ3v) is 3.52. The maximum Gasteiger partial charge on any atom is 0.246 e. The average Bonchev–Trinajstić information content (AvgIpc) is 2.76. The Morgan fingerprint density at radius 1 is 1.52 bits per heavy atom. The summed E-state index contributed by atoms with van der Waals surface area (Å²) in [5, 5.41) is 9.77. The van der Waals surface area contributed by atoms with Gasteiger partial charge < -0.3 is 14.9 Å². The number of carbonyl (C=O) groups is 1. The molecule has 0 bridgehead atoms. The lowest BCUT2D eigenvalue weighted by Gasteiger charge is -2.25. The Morgan fingerprint density at radius 2 is 2.29 bits per heavy atom. The van der Waals surface area contributed by atoms with Gasteiger partial charge in [-0.2, -0.15) is 0 Å². The number of halogens is 1. The van der Waals surface area contributed by atoms with Crippen molar-refractivity contribution in [2.75, 3.05) is 27.2 Å². The van der Waals surface area contributed by atoms with Gasteiger partial charge in [-0.1, -0.05) is 12.1 Å². The van der Waals surface area contributed by atoms with Gasteiger partial charge in [0.25, 0.3) is 0 Å². The maximum absolute atomic E-state index is 13.1. The van der Waals surface area contributed by atoms with Crippen LogP contribution >= 0.6 is 0 Å². The Morgan fingerprint density at radius 3 is 2.95 bits per heavy atom. The molecule has 1 aromatic carbocycles. The Kier molecular flexibility index (Phi) is 5.09. The minimum atomic E-state index is -0.471. The SMILES string of the molecule is CN(C)CC1CC(O)CN1C(=O)C=Cc1cccc(F)c1. The Balaban J connectivity index is 2.04. The summed E-state index contributed by atoms with van der Waals surface area (Å²) in [5.41, 5.74) is 0.646. The molecule has 1 aromatic rings. The van der Waals surface area contributed by atoms with Crippen molar-refractivity contribution in [1.29, 1.82) is 0 Å². The van der Waals surface area contributed by atoms with Gasteiger partial charge in [0.2, 0.25) is 5.91 Å². The second-order valence-corrected chi connectivity index (χ2v) is 5.68. The number of carbonyl (C=O) groups excluding carboxylic acids is 1. The Labute approximate surface area is 124 Å². The zero-order chi connectivity index (χ0) is 15.4. The zero-order valence-corrected chi connectivity index (χ0v) is 12.4. The molecule has 2 rings (SSSR count). The van der Waals surface area contributed by atoms with Crippen molar-refractivity contribution in [3.8, 4) is 0 Å². The summed E-state index contributed by atoms with van der Waals surface area (Å²) in [6.07, 6.45) is 3.16. The van der Waals surface area contributed by atoms with E-state index in [0.29, 0.717) is 18.5 Å². The van der Waals surface area contributed by atoms with E-state index in [1.54, 1.807) is 23.1 Å². The van der Waals surface area contributed by atoms with E-state index >= 15 is 0 Å². The molecule has 1 saturated heterocycles. The Hall–Kier alpha value is -1.72. The van der Waals surface area contributed by atoms with Gasteiger partial charge in [0.1, 0.15) is 5.82 Å². The molecule has 1 aliphatic rings. The van der Waals surface area contributed by atoms with Crippen molar-refractivity contribution >= 4 is 12.0 Å². The summed E-state index contributed by atoms with van der Waals surface area (Å²) in [7, 11) is 3.88. The first kappa shape index (κ1) is 15.7. The smallest absolute Gasteiger partial charge is 0.246 e. The van der Waals surface area contributed by atoms with Gasteiger partial charge in [0, 0.05) is 25.2 Å². The lowest BCUT2D eigenvalue weighted by molar-refractivity contribution is -0.127. The number of benzene rings is 1. The first-order chi connectivity index (χ1) is 9.95. The number of likely N-dealkylation sites (N-methyl/N-ethyl adjacent to an activating group) is 1. The van der Waals surface area contributed by atoms with Crippen molar-refractivity contribution in [2.24, 2.45) is 0 Å². The number of likely N-dealkylation sites (tertiary alicyclic amines) is 1. The molecule has 21 heavy (non-hydrogen) atoms. The van der Waals surface area contributed by atoms with E-state index in [9.17, 15) is 14.3 Å². The third kappa shape index (κ3) is 4.37. The topological polar surface area (TPSA) is 43.8 Å². The lowest BCUT2D eigenvalue weighted by atomic mass is 10.2. The molecular formula is C16H21FN2O2. The van der Waals surface area contributed by atoms with Crippen LogP contribution in [-0.2, 0) is 4.79 Å². The van der Waals surface area contributed by atoms with Gasteiger partial charge >= 0.3 is 0 Å². The molecule has 5 heteroatoms. The average molecular weight is 292 g/mol. The largest absolute Gasteiger partial charge is 0.391 e. The highest BCUT2D eigenvalue weighted by Gasteiger charge is 2.33. The van der Waals surface area contributed by atoms with Gasteiger partial charge in [-0.15, -0.1) is 0 Å². The number of amides is 1. The van der Waals surface area contributed by atoms with Crippen LogP contribution in [0.15, 0.2) is 30.3 Å². The standard InChI is InChI=1S/C16H21FN2O2/c1-18(2)10-14-9-15(20)11-19(14)16(21)7-6-12-4-3-5-13(17)8-12/h3-8,14-15,20H,9-11H2,1-2H3. The fourth-order valence-corrected chi connectivity index (χ4v) is 2.63. The van der Waals surface area contributed by atoms with Crippen LogP contribution in [0.3, 0.4) is 0 Å². The number of nitrogens with zero attached hydrogens (tertiary/aromatic N) is 2. The van der Waals surface area contributed by atoms with E-state index in [0.717, 1.165) is 6.54 Å². The molecule has 0 aliphatic carbocycles. The number of aliphatic hydroxyl groups excluding tert-OH is 1. The van der Waals surface area contributed by atoms with Crippen LogP contribution in [0.1, 0.15) is 12.0 Å². The number of β-amino-alcohol motifs (C(OH)–C–C–N with tert-alkyl or cyclic N) is 1. The van der Waals surface area contributed by atoms with E-state index < -0.39 is 6.10 Å². The number of rotatable bonds is 4. The summed E-state index contributed by atoms with van der Waals surface area (Å²) in [4.78, 5) is 15.9. The first-order valence-corrected chi connectivity index (χ1v) is 7.03. The number of aliphatic hydroxyl groups is 1. The summed E-state index contributed by atoms with van der Waals surface area (Å²) >= 11 is 0. The van der Waals surface area contributed by atoms with Gasteiger partial charge in [0.05, 0.1) is 6.10 Å². The van der Waals surface area contributed by atoms with Crippen LogP contribution in [0.4, 0.5) is 4.39 Å². The molecule has 4 nitrogen and oxygen atoms in total. The van der Waals surface area contributed by atoms with Gasteiger partial charge in [-0.05, 0) is 44.3 Å². The van der Waals surface area contributed by atoms with Crippen LogP contribution in [0.2, 0.25) is 0 Å². The van der Waals surface area contributed by atoms with Crippen LogP contribution in [0.5, 0.6) is 0 Å². The Bertz CT molecular complexity index is 531. The molecule has 0 spiro atoms. The molecule has 0 radical (unpaired) electrons. The third-order valence-electron chi connectivity index (χ3n) is 3.52. The summed E-state index contributed by atoms with van der Waals surface area (Å²) < 4.78 is 13.1. The molecule has 2 unspecified atom stereocenters. The highest BCUT2D eigenvalue weighted by atomic mass is 19.1. The van der Waals surface area contributed by atoms with Crippen molar-refractivity contribution in [3.63, 3.8) is 0 Å². The van der Waals surface area contributed by atoms with E-state index in [1.165, 1.54) is 18.2 Å². The molecule has 0 saturated carbocycles. The number of hydrogen-bond donors (Lipinski definition) is 1. The first-order valence-electron chi connectivity index (χ1n) is 7.03. The summed E-state index contributed by atoms with van der Waals surface area (Å²) in [6.45, 7) is 1.07. The van der Waals surface area contributed by atoms with Gasteiger partial charge in [0.15, 0.2) is 0 Å². The van der Waals surface area contributed by atoms with E-state index in [2.05, 4.69) is 0 Å². The molecule has 1 amide bonds. The lowest BCUT2D eigenvalue weighted by Crippen LogP contribution is -2.40. The quantitative estimate of drug-likeness (QED) is 0.852. The second-order valence-electron chi connectivity index (χ2n) is 5.68. The normalized spacial score (nSPS) is 22.4. The van der Waals surface area contributed by atoms with Gasteiger partial charge in [-0.3, -0.25) is 4.79 Å². The monoisotopic (exact) mass is 292 g/mol. The predicted octanol–water partition coefficient (Wildman–Crippen LogP) is 1.36. The molecule has 114 valence electrons. The van der Waals surface area contributed by atoms with Gasteiger partial charge in [-0.25, -0.2) is 4.39 Å². The molecule has 1 N–H and O–H groups in total. The van der Waals surface area contributed by atoms with Crippen molar-refractivity contribution in [3.05, 3.63) is 41.7 Å². The maximum atomic E-state index is 13.1. The second kappa shape index (κ2) is 6.83.